The summed E-state index contributed by atoms with van der Waals surface area (Å²) < 4.78 is 7.72. The Kier molecular flexibility index (Phi) is 6.38. The second-order valence-electron chi connectivity index (χ2n) is 6.18. The summed E-state index contributed by atoms with van der Waals surface area (Å²) in [6, 6.07) is 8.36. The number of aryl methyl sites for hydroxylation is 1. The average Bonchev–Trinajstić information content (AvgIpc) is 2.98. The predicted molar refractivity (Wildman–Crippen MR) is 106 cm³/mol. The highest BCUT2D eigenvalue weighted by molar-refractivity contribution is 7.98. The molecule has 1 atom stereocenters. The third-order valence-corrected chi connectivity index (χ3v) is 5.04. The molecule has 0 radical (unpaired) electrons. The fraction of sp³-hybridized carbons (Fsp3) is 0.500. The van der Waals surface area contributed by atoms with Crippen LogP contribution in [-0.2, 0) is 13.6 Å². The number of hydrogen-bond acceptors (Lipinski definition) is 5. The van der Waals surface area contributed by atoms with Crippen molar-refractivity contribution in [3.8, 4) is 5.75 Å². The third-order valence-electron chi connectivity index (χ3n) is 4.43. The number of thioether (sulfide) groups is 1. The zero-order valence-corrected chi connectivity index (χ0v) is 16.3. The van der Waals surface area contributed by atoms with E-state index >= 15 is 0 Å². The molecule has 3 rings (SSSR count). The van der Waals surface area contributed by atoms with Crippen molar-refractivity contribution in [2.75, 3.05) is 25.2 Å². The molecule has 0 fully saturated rings. The molecular formula is C18H26N6OS. The van der Waals surface area contributed by atoms with Gasteiger partial charge in [0.05, 0.1) is 12.6 Å². The lowest BCUT2D eigenvalue weighted by molar-refractivity contribution is 0.261. The van der Waals surface area contributed by atoms with Crippen molar-refractivity contribution < 1.29 is 4.74 Å². The van der Waals surface area contributed by atoms with Crippen molar-refractivity contribution in [3.63, 3.8) is 0 Å². The Labute approximate surface area is 158 Å². The van der Waals surface area contributed by atoms with Crippen LogP contribution in [0.1, 0.15) is 29.7 Å². The van der Waals surface area contributed by atoms with Crippen molar-refractivity contribution in [1.82, 2.24) is 25.4 Å². The monoisotopic (exact) mass is 374 g/mol. The fourth-order valence-corrected chi connectivity index (χ4v) is 3.13. The van der Waals surface area contributed by atoms with Gasteiger partial charge in [-0.05, 0) is 19.2 Å². The Bertz CT molecular complexity index is 760. The molecule has 1 aromatic carbocycles. The molecule has 2 N–H and O–H groups in total. The number of nitrogens with zero attached hydrogens (tertiary/aromatic N) is 4. The molecule has 0 spiro atoms. The maximum absolute atomic E-state index is 5.76. The van der Waals surface area contributed by atoms with E-state index < -0.39 is 0 Å². The van der Waals surface area contributed by atoms with Gasteiger partial charge in [-0.2, -0.15) is 11.8 Å². The highest BCUT2D eigenvalue weighted by atomic mass is 32.2. The number of hydrogen-bond donors (Lipinski definition) is 2. The Morgan fingerprint density at radius 2 is 2.23 bits per heavy atom. The lowest BCUT2D eigenvalue weighted by Gasteiger charge is -2.28. The van der Waals surface area contributed by atoms with Crippen LogP contribution in [-0.4, -0.2) is 45.9 Å². The molecule has 0 aliphatic carbocycles. The van der Waals surface area contributed by atoms with Gasteiger partial charge in [0.25, 0.3) is 0 Å². The molecule has 2 heterocycles. The molecule has 0 saturated heterocycles. The molecular weight excluding hydrogens is 348 g/mol. The second kappa shape index (κ2) is 8.93. The number of ether oxygens (including phenoxy) is 1. The van der Waals surface area contributed by atoms with E-state index in [1.165, 1.54) is 5.56 Å². The molecule has 1 aliphatic rings. The predicted octanol–water partition coefficient (Wildman–Crippen LogP) is 2.05. The number of aliphatic imine (C=N–C) groups is 1. The van der Waals surface area contributed by atoms with Crippen molar-refractivity contribution in [2.45, 2.75) is 25.9 Å². The van der Waals surface area contributed by atoms with Gasteiger partial charge in [0.2, 0.25) is 0 Å². The molecule has 2 aromatic rings. The van der Waals surface area contributed by atoms with E-state index in [1.54, 1.807) is 11.8 Å². The molecule has 140 valence electrons. The van der Waals surface area contributed by atoms with Crippen LogP contribution in [0.25, 0.3) is 0 Å². The average molecular weight is 375 g/mol. The number of rotatable bonds is 6. The Morgan fingerprint density at radius 1 is 1.38 bits per heavy atom. The fourth-order valence-electron chi connectivity index (χ4n) is 2.82. The second-order valence-corrected chi connectivity index (χ2v) is 7.16. The van der Waals surface area contributed by atoms with Gasteiger partial charge in [0.1, 0.15) is 18.1 Å². The van der Waals surface area contributed by atoms with Crippen LogP contribution in [0, 0.1) is 6.92 Å². The summed E-state index contributed by atoms with van der Waals surface area (Å²) in [6.45, 7) is 3.98. The van der Waals surface area contributed by atoms with Crippen LogP contribution < -0.4 is 15.4 Å². The Morgan fingerprint density at radius 3 is 3.00 bits per heavy atom. The number of benzene rings is 1. The van der Waals surface area contributed by atoms with Gasteiger partial charge >= 0.3 is 0 Å². The van der Waals surface area contributed by atoms with Crippen molar-refractivity contribution in [1.29, 1.82) is 0 Å². The molecule has 0 bridgehead atoms. The van der Waals surface area contributed by atoms with Gasteiger partial charge in [0.15, 0.2) is 11.8 Å². The Balaban J connectivity index is 1.74. The van der Waals surface area contributed by atoms with E-state index in [0.29, 0.717) is 13.2 Å². The molecule has 8 heteroatoms. The summed E-state index contributed by atoms with van der Waals surface area (Å²) >= 11 is 1.81. The highest BCUT2D eigenvalue weighted by Gasteiger charge is 2.22. The number of nitrogens with one attached hydrogen (secondary N) is 2. The summed E-state index contributed by atoms with van der Waals surface area (Å²) in [5.74, 6) is 4.50. The van der Waals surface area contributed by atoms with E-state index in [1.807, 2.05) is 36.7 Å². The van der Waals surface area contributed by atoms with E-state index in [-0.39, 0.29) is 6.04 Å². The lowest BCUT2D eigenvalue weighted by atomic mass is 10.0. The van der Waals surface area contributed by atoms with Gasteiger partial charge in [0, 0.05) is 31.3 Å². The minimum atomic E-state index is 0.182. The number of guanidine groups is 1. The van der Waals surface area contributed by atoms with Crippen LogP contribution in [0.3, 0.4) is 0 Å². The number of fused-ring (bicyclic) bond motifs is 1. The molecule has 1 aliphatic heterocycles. The largest absolute Gasteiger partial charge is 0.493 e. The summed E-state index contributed by atoms with van der Waals surface area (Å²) in [6.07, 6.45) is 3.01. The topological polar surface area (TPSA) is 76.4 Å². The smallest absolute Gasteiger partial charge is 0.192 e. The quantitative estimate of drug-likeness (QED) is 0.458. The van der Waals surface area contributed by atoms with Gasteiger partial charge in [-0.1, -0.05) is 18.2 Å². The SMILES string of the molecule is CSCCNC(=NCc1nnc(C)n1C)NC1CCOc2ccccc21. The first-order valence-corrected chi connectivity index (χ1v) is 10.2. The van der Waals surface area contributed by atoms with Crippen LogP contribution in [0.15, 0.2) is 29.3 Å². The minimum absolute atomic E-state index is 0.182. The van der Waals surface area contributed by atoms with E-state index in [2.05, 4.69) is 33.2 Å². The van der Waals surface area contributed by atoms with Crippen LogP contribution in [0.5, 0.6) is 5.75 Å². The van der Waals surface area contributed by atoms with Gasteiger partial charge < -0.3 is 19.9 Å². The van der Waals surface area contributed by atoms with Crippen LogP contribution in [0.4, 0.5) is 0 Å². The normalized spacial score (nSPS) is 16.7. The number of aromatic nitrogens is 3. The van der Waals surface area contributed by atoms with Crippen LogP contribution in [0.2, 0.25) is 0 Å². The maximum Gasteiger partial charge on any atom is 0.192 e. The van der Waals surface area contributed by atoms with Crippen molar-refractivity contribution in [3.05, 3.63) is 41.5 Å². The zero-order valence-electron chi connectivity index (χ0n) is 15.5. The molecule has 1 unspecified atom stereocenters. The van der Waals surface area contributed by atoms with Crippen LogP contribution >= 0.6 is 11.8 Å². The van der Waals surface area contributed by atoms with E-state index in [9.17, 15) is 0 Å². The lowest BCUT2D eigenvalue weighted by Crippen LogP contribution is -2.42. The summed E-state index contributed by atoms with van der Waals surface area (Å²) in [7, 11) is 1.96. The molecule has 7 nitrogen and oxygen atoms in total. The van der Waals surface area contributed by atoms with Crippen molar-refractivity contribution in [2.24, 2.45) is 12.0 Å². The maximum atomic E-state index is 5.76. The number of para-hydroxylation sites is 1. The van der Waals surface area contributed by atoms with Gasteiger partial charge in [-0.25, -0.2) is 4.99 Å². The zero-order chi connectivity index (χ0) is 18.4. The van der Waals surface area contributed by atoms with Gasteiger partial charge in [-0.3, -0.25) is 0 Å². The standard InChI is InChI=1S/C18H26N6OS/c1-13-22-23-17(24(13)2)12-20-18(19-9-11-26-3)21-15-8-10-25-16-7-5-4-6-14(15)16/h4-7,15H,8-12H2,1-3H3,(H2,19,20,21). The molecule has 0 saturated carbocycles. The van der Waals surface area contributed by atoms with Crippen molar-refractivity contribution >= 4 is 17.7 Å². The summed E-state index contributed by atoms with van der Waals surface area (Å²) in [5, 5.41) is 15.3. The molecule has 0 amide bonds. The summed E-state index contributed by atoms with van der Waals surface area (Å²) in [5.41, 5.74) is 1.17. The van der Waals surface area contributed by atoms with E-state index in [0.717, 1.165) is 42.1 Å². The first-order chi connectivity index (χ1) is 12.7. The third kappa shape index (κ3) is 4.49. The first-order valence-electron chi connectivity index (χ1n) is 8.79. The first kappa shape index (κ1) is 18.6. The minimum Gasteiger partial charge on any atom is -0.493 e. The van der Waals surface area contributed by atoms with Gasteiger partial charge in [-0.15, -0.1) is 10.2 Å². The van der Waals surface area contributed by atoms with E-state index in [4.69, 9.17) is 9.73 Å². The highest BCUT2D eigenvalue weighted by Crippen LogP contribution is 2.31. The summed E-state index contributed by atoms with van der Waals surface area (Å²) in [4.78, 5) is 4.73. The molecule has 1 aromatic heterocycles. The molecule has 26 heavy (non-hydrogen) atoms. The Hall–Kier alpha value is -2.22.